The summed E-state index contributed by atoms with van der Waals surface area (Å²) in [7, 11) is 4.36. The van der Waals surface area contributed by atoms with Gasteiger partial charge in [-0.15, -0.1) is 0 Å². The van der Waals surface area contributed by atoms with E-state index in [2.05, 4.69) is 92.3 Å². The van der Waals surface area contributed by atoms with E-state index in [1.54, 1.807) is 0 Å². The Balaban J connectivity index is 2.17. The van der Waals surface area contributed by atoms with Gasteiger partial charge in [0.05, 0.1) is 6.17 Å². The Morgan fingerprint density at radius 2 is 1.52 bits per heavy atom. The van der Waals surface area contributed by atoms with Crippen LogP contribution in [0.4, 0.5) is 11.4 Å². The van der Waals surface area contributed by atoms with Crippen LogP contribution in [0.25, 0.3) is 0 Å². The highest BCUT2D eigenvalue weighted by molar-refractivity contribution is 5.72. The van der Waals surface area contributed by atoms with E-state index in [1.165, 1.54) is 16.9 Å². The average molecular weight is 280 g/mol. The van der Waals surface area contributed by atoms with Crippen molar-refractivity contribution in [2.24, 2.45) is 5.92 Å². The molecule has 0 radical (unpaired) electrons. The van der Waals surface area contributed by atoms with Gasteiger partial charge >= 0.3 is 0 Å². The van der Waals surface area contributed by atoms with Gasteiger partial charge < -0.3 is 4.90 Å². The molecule has 2 aromatic rings. The summed E-state index contributed by atoms with van der Waals surface area (Å²) in [6.45, 7) is 4.65. The standard InChI is InChI=1S/C19H24N2/c1-14(2)18-16-12-8-9-13-17(16)21(19(18)20(3)4)15-10-6-5-7-11-15/h5-14,18-19H,1-4H3. The lowest BCUT2D eigenvalue weighted by Crippen LogP contribution is -2.43. The monoisotopic (exact) mass is 280 g/mol. The van der Waals surface area contributed by atoms with Crippen molar-refractivity contribution in [2.45, 2.75) is 25.9 Å². The average Bonchev–Trinajstić information content (AvgIpc) is 2.83. The third-order valence-corrected chi connectivity index (χ3v) is 4.42. The molecular formula is C19H24N2. The predicted molar refractivity (Wildman–Crippen MR) is 90.1 cm³/mol. The van der Waals surface area contributed by atoms with Crippen LogP contribution in [0.2, 0.25) is 0 Å². The molecule has 2 atom stereocenters. The summed E-state index contributed by atoms with van der Waals surface area (Å²) < 4.78 is 0. The van der Waals surface area contributed by atoms with E-state index in [-0.39, 0.29) is 0 Å². The molecule has 0 amide bonds. The minimum atomic E-state index is 0.366. The maximum absolute atomic E-state index is 2.49. The maximum atomic E-state index is 2.49. The lowest BCUT2D eigenvalue weighted by atomic mass is 9.87. The number of hydrogen-bond donors (Lipinski definition) is 0. The van der Waals surface area contributed by atoms with Gasteiger partial charge in [0.15, 0.2) is 0 Å². The van der Waals surface area contributed by atoms with E-state index in [1.807, 2.05) is 0 Å². The van der Waals surface area contributed by atoms with Crippen LogP contribution in [-0.4, -0.2) is 25.2 Å². The molecule has 2 unspecified atom stereocenters. The highest BCUT2D eigenvalue weighted by atomic mass is 15.4. The van der Waals surface area contributed by atoms with Gasteiger partial charge in [0.25, 0.3) is 0 Å². The lowest BCUT2D eigenvalue weighted by molar-refractivity contribution is 0.239. The molecule has 21 heavy (non-hydrogen) atoms. The first-order valence-electron chi connectivity index (χ1n) is 7.71. The first-order valence-corrected chi connectivity index (χ1v) is 7.71. The summed E-state index contributed by atoms with van der Waals surface area (Å²) in [5.41, 5.74) is 4.09. The van der Waals surface area contributed by atoms with E-state index in [0.29, 0.717) is 18.0 Å². The van der Waals surface area contributed by atoms with Crippen LogP contribution in [0.1, 0.15) is 25.3 Å². The molecule has 0 bridgehead atoms. The molecule has 0 spiro atoms. The van der Waals surface area contributed by atoms with E-state index in [4.69, 9.17) is 0 Å². The molecule has 1 aliphatic heterocycles. The number of para-hydroxylation sites is 2. The molecule has 0 saturated carbocycles. The minimum Gasteiger partial charge on any atom is -0.324 e. The number of anilines is 2. The first-order chi connectivity index (χ1) is 10.1. The van der Waals surface area contributed by atoms with Crippen LogP contribution in [0, 0.1) is 5.92 Å². The van der Waals surface area contributed by atoms with Gasteiger partial charge in [0.1, 0.15) is 0 Å². The fourth-order valence-electron chi connectivity index (χ4n) is 3.59. The van der Waals surface area contributed by atoms with Crippen LogP contribution in [0.3, 0.4) is 0 Å². The second-order valence-electron chi connectivity index (χ2n) is 6.41. The van der Waals surface area contributed by atoms with Gasteiger partial charge in [-0.25, -0.2) is 0 Å². The maximum Gasteiger partial charge on any atom is 0.0937 e. The predicted octanol–water partition coefficient (Wildman–Crippen LogP) is 4.47. The summed E-state index contributed by atoms with van der Waals surface area (Å²) >= 11 is 0. The number of fused-ring (bicyclic) bond motifs is 1. The Kier molecular flexibility index (Phi) is 3.73. The minimum absolute atomic E-state index is 0.366. The number of benzene rings is 2. The molecule has 2 nitrogen and oxygen atoms in total. The lowest BCUT2D eigenvalue weighted by Gasteiger charge is -2.36. The zero-order valence-corrected chi connectivity index (χ0v) is 13.3. The molecule has 0 N–H and O–H groups in total. The largest absolute Gasteiger partial charge is 0.324 e. The third-order valence-electron chi connectivity index (χ3n) is 4.42. The van der Waals surface area contributed by atoms with Crippen molar-refractivity contribution in [3.05, 3.63) is 60.2 Å². The summed E-state index contributed by atoms with van der Waals surface area (Å²) in [6, 6.07) is 19.6. The van der Waals surface area contributed by atoms with Crippen molar-refractivity contribution >= 4 is 11.4 Å². The normalized spacial score (nSPS) is 21.1. The van der Waals surface area contributed by atoms with Gasteiger partial charge in [-0.2, -0.15) is 0 Å². The fraction of sp³-hybridized carbons (Fsp3) is 0.368. The fourth-order valence-corrected chi connectivity index (χ4v) is 3.59. The van der Waals surface area contributed by atoms with E-state index >= 15 is 0 Å². The Bertz CT molecular complexity index is 604. The van der Waals surface area contributed by atoms with Crippen LogP contribution in [-0.2, 0) is 0 Å². The van der Waals surface area contributed by atoms with Gasteiger partial charge in [-0.3, -0.25) is 4.90 Å². The van der Waals surface area contributed by atoms with Gasteiger partial charge in [-0.05, 0) is 43.8 Å². The molecule has 1 aliphatic rings. The molecular weight excluding hydrogens is 256 g/mol. The number of hydrogen-bond acceptors (Lipinski definition) is 2. The molecule has 3 rings (SSSR count). The zero-order chi connectivity index (χ0) is 15.0. The first kappa shape index (κ1) is 14.2. The van der Waals surface area contributed by atoms with Gasteiger partial charge in [0.2, 0.25) is 0 Å². The summed E-state index contributed by atoms with van der Waals surface area (Å²) in [4.78, 5) is 4.83. The van der Waals surface area contributed by atoms with Gasteiger partial charge in [0, 0.05) is 17.3 Å². The zero-order valence-electron chi connectivity index (χ0n) is 13.3. The molecule has 1 heterocycles. The molecule has 0 aromatic heterocycles. The summed E-state index contributed by atoms with van der Waals surface area (Å²) in [6.07, 6.45) is 0.366. The molecule has 110 valence electrons. The van der Waals surface area contributed by atoms with Crippen LogP contribution >= 0.6 is 0 Å². The smallest absolute Gasteiger partial charge is 0.0937 e. The molecule has 0 saturated heterocycles. The van der Waals surface area contributed by atoms with E-state index < -0.39 is 0 Å². The number of rotatable bonds is 3. The van der Waals surface area contributed by atoms with Crippen molar-refractivity contribution in [2.75, 3.05) is 19.0 Å². The SMILES string of the molecule is CC(C)C1c2ccccc2N(c2ccccc2)C1N(C)C. The second kappa shape index (κ2) is 5.53. The third kappa shape index (κ3) is 2.34. The topological polar surface area (TPSA) is 6.48 Å². The molecule has 0 aliphatic carbocycles. The van der Waals surface area contributed by atoms with E-state index in [9.17, 15) is 0 Å². The van der Waals surface area contributed by atoms with Crippen LogP contribution in [0.5, 0.6) is 0 Å². The van der Waals surface area contributed by atoms with Crippen LogP contribution in [0.15, 0.2) is 54.6 Å². The second-order valence-corrected chi connectivity index (χ2v) is 6.41. The van der Waals surface area contributed by atoms with Crippen molar-refractivity contribution in [3.63, 3.8) is 0 Å². The summed E-state index contributed by atoms with van der Waals surface area (Å²) in [5, 5.41) is 0. The Hall–Kier alpha value is -1.80. The number of likely N-dealkylation sites (N-methyl/N-ethyl adjacent to an activating group) is 1. The van der Waals surface area contributed by atoms with Crippen molar-refractivity contribution in [3.8, 4) is 0 Å². The van der Waals surface area contributed by atoms with Crippen LogP contribution < -0.4 is 4.90 Å². The highest BCUT2D eigenvalue weighted by Crippen LogP contribution is 2.48. The molecule has 0 fully saturated rings. The Morgan fingerprint density at radius 3 is 2.14 bits per heavy atom. The van der Waals surface area contributed by atoms with E-state index in [0.717, 1.165) is 0 Å². The van der Waals surface area contributed by atoms with Crippen molar-refractivity contribution in [1.82, 2.24) is 4.90 Å². The quantitative estimate of drug-likeness (QED) is 0.818. The number of nitrogens with zero attached hydrogens (tertiary/aromatic N) is 2. The Morgan fingerprint density at radius 1 is 0.905 bits per heavy atom. The molecule has 2 aromatic carbocycles. The summed E-state index contributed by atoms with van der Waals surface area (Å²) in [5.74, 6) is 1.13. The molecule has 2 heteroatoms. The van der Waals surface area contributed by atoms with Gasteiger partial charge in [-0.1, -0.05) is 50.2 Å². The highest BCUT2D eigenvalue weighted by Gasteiger charge is 2.41. The van der Waals surface area contributed by atoms with Crippen molar-refractivity contribution < 1.29 is 0 Å². The van der Waals surface area contributed by atoms with Crippen molar-refractivity contribution in [1.29, 1.82) is 0 Å². The Labute approximate surface area is 128 Å².